The maximum atomic E-state index is 12.7. The third-order valence-electron chi connectivity index (χ3n) is 5.02. The number of ether oxygens (including phenoxy) is 3. The number of rotatable bonds is 5. The number of nitriles is 1. The van der Waals surface area contributed by atoms with Crippen LogP contribution in [0.25, 0.3) is 0 Å². The van der Waals surface area contributed by atoms with E-state index in [0.717, 1.165) is 12.0 Å². The maximum Gasteiger partial charge on any atom is 0.323 e. The van der Waals surface area contributed by atoms with Crippen molar-refractivity contribution in [1.82, 2.24) is 4.98 Å². The fraction of sp³-hybridized carbons (Fsp3) is 0.296. The molecule has 3 aromatic rings. The van der Waals surface area contributed by atoms with Crippen LogP contribution in [0, 0.1) is 11.3 Å². The van der Waals surface area contributed by atoms with Crippen molar-refractivity contribution >= 4 is 17.4 Å². The predicted molar refractivity (Wildman–Crippen MR) is 133 cm³/mol. The van der Waals surface area contributed by atoms with Crippen molar-refractivity contribution in [2.24, 2.45) is 0 Å². The first-order valence-electron chi connectivity index (χ1n) is 11.3. The lowest BCUT2D eigenvalue weighted by Gasteiger charge is -2.21. The van der Waals surface area contributed by atoms with E-state index in [1.807, 2.05) is 52.8 Å². The molecule has 0 fully saturated rings. The number of fused-ring (bicyclic) bond motifs is 1. The zero-order valence-corrected chi connectivity index (χ0v) is 20.4. The van der Waals surface area contributed by atoms with Crippen LogP contribution >= 0.6 is 0 Å². The van der Waals surface area contributed by atoms with E-state index in [1.165, 1.54) is 6.07 Å². The molecule has 0 spiro atoms. The number of carbonyl (C=O) groups excluding carboxylic acids is 1. The van der Waals surface area contributed by atoms with Gasteiger partial charge in [-0.2, -0.15) is 5.26 Å². The van der Waals surface area contributed by atoms with Crippen molar-refractivity contribution in [3.8, 4) is 29.2 Å². The van der Waals surface area contributed by atoms with Gasteiger partial charge in [0.25, 0.3) is 0 Å². The Kier molecular flexibility index (Phi) is 6.27. The average molecular weight is 473 g/mol. The van der Waals surface area contributed by atoms with Crippen LogP contribution in [0.2, 0.25) is 0 Å². The third-order valence-corrected chi connectivity index (χ3v) is 5.02. The molecule has 0 radical (unpaired) electrons. The fourth-order valence-corrected chi connectivity index (χ4v) is 3.69. The van der Waals surface area contributed by atoms with Gasteiger partial charge >= 0.3 is 6.03 Å². The van der Waals surface area contributed by atoms with Crippen molar-refractivity contribution in [2.75, 3.05) is 10.6 Å². The van der Waals surface area contributed by atoms with Crippen LogP contribution in [0.5, 0.6) is 23.1 Å². The lowest BCUT2D eigenvalue weighted by molar-refractivity contribution is 0.131. The lowest BCUT2D eigenvalue weighted by Crippen LogP contribution is -2.24. The first kappa shape index (κ1) is 23.9. The van der Waals surface area contributed by atoms with E-state index in [4.69, 9.17) is 14.2 Å². The SMILES string of the molecule is CC(C)(C)Oc1ccc(NC(=O)Nc2ccc(C#N)nc2Oc2cccc3c2OC(C)(C)C3)cc1. The molecular formula is C27H28N4O4. The topological polar surface area (TPSA) is 106 Å². The highest BCUT2D eigenvalue weighted by atomic mass is 16.5. The minimum absolute atomic E-state index is 0.0924. The zero-order valence-electron chi connectivity index (χ0n) is 20.4. The van der Waals surface area contributed by atoms with Crippen LogP contribution in [0.15, 0.2) is 54.6 Å². The Morgan fingerprint density at radius 3 is 2.51 bits per heavy atom. The Morgan fingerprint density at radius 2 is 1.83 bits per heavy atom. The summed E-state index contributed by atoms with van der Waals surface area (Å²) in [6.07, 6.45) is 0.748. The Bertz CT molecular complexity index is 1290. The maximum absolute atomic E-state index is 12.7. The van der Waals surface area contributed by atoms with E-state index in [0.29, 0.717) is 28.6 Å². The quantitative estimate of drug-likeness (QED) is 0.453. The van der Waals surface area contributed by atoms with Crippen molar-refractivity contribution < 1.29 is 19.0 Å². The number of aromatic nitrogens is 1. The minimum Gasteiger partial charge on any atom is -0.488 e. The van der Waals surface area contributed by atoms with E-state index in [9.17, 15) is 10.1 Å². The zero-order chi connectivity index (χ0) is 25.2. The van der Waals surface area contributed by atoms with Crippen molar-refractivity contribution in [1.29, 1.82) is 5.26 Å². The standard InChI is InChI=1S/C27H28N4O4/c1-26(2,3)34-20-12-9-18(10-13-20)30-25(32)31-21-14-11-19(16-28)29-24(21)33-22-8-6-7-17-15-27(4,5)35-23(17)22/h6-14H,15H2,1-5H3,(H2,30,31,32). The van der Waals surface area contributed by atoms with E-state index < -0.39 is 6.03 Å². The Balaban J connectivity index is 1.51. The summed E-state index contributed by atoms with van der Waals surface area (Å²) >= 11 is 0. The predicted octanol–water partition coefficient (Wildman–Crippen LogP) is 6.28. The number of benzene rings is 2. The molecule has 0 unspecified atom stereocenters. The van der Waals surface area contributed by atoms with Crippen molar-refractivity contribution in [2.45, 2.75) is 52.2 Å². The first-order valence-corrected chi connectivity index (χ1v) is 11.3. The molecule has 4 rings (SSSR count). The molecule has 0 bridgehead atoms. The van der Waals surface area contributed by atoms with Crippen LogP contribution in [0.3, 0.4) is 0 Å². The summed E-state index contributed by atoms with van der Waals surface area (Å²) in [4.78, 5) is 17.0. The summed E-state index contributed by atoms with van der Waals surface area (Å²) in [6.45, 7) is 9.91. The summed E-state index contributed by atoms with van der Waals surface area (Å²) in [6, 6.07) is 17.3. The molecule has 0 saturated carbocycles. The number of hydrogen-bond acceptors (Lipinski definition) is 6. The van der Waals surface area contributed by atoms with Gasteiger partial charge in [-0.15, -0.1) is 0 Å². The van der Waals surface area contributed by atoms with E-state index >= 15 is 0 Å². The van der Waals surface area contributed by atoms with Crippen molar-refractivity contribution in [3.05, 3.63) is 65.9 Å². The average Bonchev–Trinajstić information content (AvgIpc) is 3.10. The van der Waals surface area contributed by atoms with E-state index in [1.54, 1.807) is 36.4 Å². The van der Waals surface area contributed by atoms with Gasteiger partial charge in [0, 0.05) is 17.7 Å². The largest absolute Gasteiger partial charge is 0.488 e. The molecule has 180 valence electrons. The highest BCUT2D eigenvalue weighted by Crippen LogP contribution is 2.44. The summed E-state index contributed by atoms with van der Waals surface area (Å²) in [5, 5.41) is 14.8. The summed E-state index contributed by atoms with van der Waals surface area (Å²) in [5.74, 6) is 1.90. The molecule has 0 saturated heterocycles. The minimum atomic E-state index is -0.485. The molecule has 0 atom stereocenters. The number of hydrogen-bond donors (Lipinski definition) is 2. The van der Waals surface area contributed by atoms with Gasteiger partial charge in [0.05, 0.1) is 0 Å². The molecule has 1 aliphatic heterocycles. The molecule has 1 aromatic heterocycles. The number of carbonyl (C=O) groups is 1. The van der Waals surface area contributed by atoms with Crippen LogP contribution in [-0.2, 0) is 6.42 Å². The highest BCUT2D eigenvalue weighted by molar-refractivity contribution is 6.00. The van der Waals surface area contributed by atoms with Crippen LogP contribution in [-0.4, -0.2) is 22.2 Å². The van der Waals surface area contributed by atoms with Gasteiger partial charge in [-0.25, -0.2) is 9.78 Å². The molecular weight excluding hydrogens is 444 g/mol. The molecule has 2 heterocycles. The molecule has 8 heteroatoms. The second-order valence-electron chi connectivity index (χ2n) is 9.86. The smallest absolute Gasteiger partial charge is 0.323 e. The number of nitrogens with zero attached hydrogens (tertiary/aromatic N) is 2. The molecule has 2 amide bonds. The molecule has 2 N–H and O–H groups in total. The fourth-order valence-electron chi connectivity index (χ4n) is 3.69. The summed E-state index contributed by atoms with van der Waals surface area (Å²) in [5.41, 5.74) is 1.42. The second-order valence-corrected chi connectivity index (χ2v) is 9.86. The molecule has 35 heavy (non-hydrogen) atoms. The van der Waals surface area contributed by atoms with Gasteiger partial charge in [0.15, 0.2) is 11.5 Å². The molecule has 0 aliphatic carbocycles. The van der Waals surface area contributed by atoms with E-state index in [2.05, 4.69) is 15.6 Å². The van der Waals surface area contributed by atoms with Gasteiger partial charge in [0.1, 0.15) is 34.4 Å². The number of para-hydroxylation sites is 1. The van der Waals surface area contributed by atoms with Gasteiger partial charge in [-0.1, -0.05) is 12.1 Å². The van der Waals surface area contributed by atoms with E-state index in [-0.39, 0.29) is 22.8 Å². The number of amides is 2. The van der Waals surface area contributed by atoms with Crippen molar-refractivity contribution in [3.63, 3.8) is 0 Å². The normalized spacial score (nSPS) is 13.7. The van der Waals surface area contributed by atoms with Gasteiger partial charge in [-0.05, 0) is 77.1 Å². The van der Waals surface area contributed by atoms with Crippen LogP contribution in [0.1, 0.15) is 45.9 Å². The Labute approximate surface area is 204 Å². The Hall–Kier alpha value is -4.25. The highest BCUT2D eigenvalue weighted by Gasteiger charge is 2.32. The monoisotopic (exact) mass is 472 g/mol. The number of nitrogens with one attached hydrogen (secondary N) is 2. The Morgan fingerprint density at radius 1 is 1.09 bits per heavy atom. The lowest BCUT2D eigenvalue weighted by atomic mass is 10.0. The summed E-state index contributed by atoms with van der Waals surface area (Å²) < 4.78 is 17.9. The first-order chi connectivity index (χ1) is 16.5. The van der Waals surface area contributed by atoms with Crippen LogP contribution < -0.4 is 24.8 Å². The number of anilines is 2. The number of urea groups is 1. The van der Waals surface area contributed by atoms with Gasteiger partial charge in [0.2, 0.25) is 5.88 Å². The molecule has 8 nitrogen and oxygen atoms in total. The molecule has 2 aromatic carbocycles. The molecule has 1 aliphatic rings. The van der Waals surface area contributed by atoms with Gasteiger partial charge < -0.3 is 24.8 Å². The van der Waals surface area contributed by atoms with Gasteiger partial charge in [-0.3, -0.25) is 0 Å². The number of pyridine rings is 1. The third kappa shape index (κ3) is 6.01. The second kappa shape index (κ2) is 9.18. The van der Waals surface area contributed by atoms with Crippen LogP contribution in [0.4, 0.5) is 16.2 Å². The summed E-state index contributed by atoms with van der Waals surface area (Å²) in [7, 11) is 0.